The highest BCUT2D eigenvalue weighted by atomic mass is 32.2. The number of rotatable bonds is 5. The Bertz CT molecular complexity index is 681. The minimum absolute atomic E-state index is 0.0772. The third-order valence-electron chi connectivity index (χ3n) is 2.41. The molecular weight excluding hydrogens is 284 g/mol. The van der Waals surface area contributed by atoms with Crippen molar-refractivity contribution in [1.82, 2.24) is 19.7 Å². The van der Waals surface area contributed by atoms with E-state index in [-0.39, 0.29) is 16.7 Å². The van der Waals surface area contributed by atoms with Gasteiger partial charge in [-0.15, -0.1) is 0 Å². The summed E-state index contributed by atoms with van der Waals surface area (Å²) in [7, 11) is -3.77. The molecule has 0 amide bonds. The van der Waals surface area contributed by atoms with Gasteiger partial charge in [-0.1, -0.05) is 0 Å². The first-order valence-electron chi connectivity index (χ1n) is 5.65. The maximum atomic E-state index is 12.1. The Morgan fingerprint density at radius 2 is 1.90 bits per heavy atom. The highest BCUT2D eigenvalue weighted by Crippen LogP contribution is 2.16. The molecule has 0 fully saturated rings. The van der Waals surface area contributed by atoms with Crippen LogP contribution in [0.25, 0.3) is 0 Å². The smallest absolute Gasteiger partial charge is 0.244 e. The lowest BCUT2D eigenvalue weighted by Gasteiger charge is -2.10. The molecule has 0 aromatic carbocycles. The maximum absolute atomic E-state index is 12.1. The molecule has 0 spiro atoms. The van der Waals surface area contributed by atoms with Crippen molar-refractivity contribution in [2.24, 2.45) is 5.84 Å². The molecule has 0 saturated carbocycles. The van der Waals surface area contributed by atoms with Crippen molar-refractivity contribution in [3.63, 3.8) is 0 Å². The maximum Gasteiger partial charge on any atom is 0.244 e. The zero-order valence-corrected chi connectivity index (χ0v) is 11.7. The summed E-state index contributed by atoms with van der Waals surface area (Å²) in [5.74, 6) is 6.12. The molecule has 0 radical (unpaired) electrons. The Balaban J connectivity index is 2.17. The molecule has 1 unspecified atom stereocenters. The quantitative estimate of drug-likeness (QED) is 0.522. The summed E-state index contributed by atoms with van der Waals surface area (Å²) in [4.78, 5) is 11.4. The number of nitrogen functional groups attached to an aromatic ring is 1. The van der Waals surface area contributed by atoms with E-state index in [0.717, 1.165) is 12.4 Å². The van der Waals surface area contributed by atoms with E-state index in [9.17, 15) is 8.42 Å². The molecular formula is C10H14N6O3S. The van der Waals surface area contributed by atoms with E-state index >= 15 is 0 Å². The zero-order valence-electron chi connectivity index (χ0n) is 10.9. The van der Waals surface area contributed by atoms with Gasteiger partial charge in [-0.05, 0) is 13.8 Å². The molecule has 108 valence electrons. The lowest BCUT2D eigenvalue weighted by atomic mass is 10.4. The number of aromatic nitrogens is 3. The lowest BCUT2D eigenvalue weighted by Crippen LogP contribution is -2.27. The van der Waals surface area contributed by atoms with E-state index in [1.807, 2.05) is 0 Å². The molecule has 2 heterocycles. The number of nitrogens with two attached hydrogens (primary N) is 1. The number of aryl methyl sites for hydroxylation is 1. The molecule has 0 aliphatic heterocycles. The monoisotopic (exact) mass is 298 g/mol. The number of hydrazine groups is 1. The third-order valence-corrected chi connectivity index (χ3v) is 3.90. The SMILES string of the molecule is Cc1cnc(C(C)NS(=O)(=O)c2cnc(NN)nc2)o1. The number of hydrogen-bond acceptors (Lipinski definition) is 8. The third kappa shape index (κ3) is 3.10. The fourth-order valence-corrected chi connectivity index (χ4v) is 2.54. The van der Waals surface area contributed by atoms with Gasteiger partial charge >= 0.3 is 0 Å². The van der Waals surface area contributed by atoms with E-state index in [0.29, 0.717) is 5.76 Å². The van der Waals surface area contributed by atoms with Gasteiger partial charge in [0.2, 0.25) is 21.9 Å². The number of sulfonamides is 1. The Morgan fingerprint density at radius 1 is 1.25 bits per heavy atom. The predicted octanol–water partition coefficient (Wildman–Crippen LogP) is 0.0981. The predicted molar refractivity (Wildman–Crippen MR) is 69.8 cm³/mol. The summed E-state index contributed by atoms with van der Waals surface area (Å²) >= 11 is 0. The van der Waals surface area contributed by atoms with Crippen molar-refractivity contribution in [3.8, 4) is 0 Å². The first-order chi connectivity index (χ1) is 9.42. The topological polar surface area (TPSA) is 136 Å². The van der Waals surface area contributed by atoms with E-state index in [1.165, 1.54) is 6.20 Å². The molecule has 4 N–H and O–H groups in total. The lowest BCUT2D eigenvalue weighted by molar-refractivity contribution is 0.427. The van der Waals surface area contributed by atoms with E-state index in [4.69, 9.17) is 10.3 Å². The van der Waals surface area contributed by atoms with Gasteiger partial charge in [0, 0.05) is 0 Å². The number of oxazole rings is 1. The standard InChI is InChI=1S/C10H14N6O3S/c1-6-3-12-9(19-6)7(2)16-20(17,18)8-4-13-10(15-11)14-5-8/h3-5,7,16H,11H2,1-2H3,(H,13,14,15). The second kappa shape index (κ2) is 5.53. The first kappa shape index (κ1) is 14.4. The van der Waals surface area contributed by atoms with Crippen molar-refractivity contribution >= 4 is 16.0 Å². The summed E-state index contributed by atoms with van der Waals surface area (Å²) < 4.78 is 31.9. The highest BCUT2D eigenvalue weighted by Gasteiger charge is 2.21. The van der Waals surface area contributed by atoms with Crippen molar-refractivity contribution in [1.29, 1.82) is 0 Å². The molecule has 2 aromatic heterocycles. The molecule has 0 aliphatic rings. The largest absolute Gasteiger partial charge is 0.444 e. The number of hydrogen-bond donors (Lipinski definition) is 3. The molecule has 2 rings (SSSR count). The van der Waals surface area contributed by atoms with Gasteiger partial charge in [-0.2, -0.15) is 4.72 Å². The van der Waals surface area contributed by atoms with Crippen LogP contribution in [0.15, 0.2) is 27.9 Å². The van der Waals surface area contributed by atoms with Crippen LogP contribution in [0.4, 0.5) is 5.95 Å². The van der Waals surface area contributed by atoms with Gasteiger partial charge in [-0.3, -0.25) is 5.43 Å². The van der Waals surface area contributed by atoms with Crippen LogP contribution in [0.5, 0.6) is 0 Å². The number of nitrogens with one attached hydrogen (secondary N) is 2. The summed E-state index contributed by atoms with van der Waals surface area (Å²) in [5.41, 5.74) is 2.21. The Labute approximate surface area is 115 Å². The van der Waals surface area contributed by atoms with Crippen molar-refractivity contribution in [2.45, 2.75) is 24.8 Å². The Kier molecular flexibility index (Phi) is 3.97. The molecule has 1 atom stereocenters. The molecule has 10 heteroatoms. The van der Waals surface area contributed by atoms with Gasteiger partial charge in [0.25, 0.3) is 0 Å². The van der Waals surface area contributed by atoms with Gasteiger partial charge in [0.05, 0.1) is 24.6 Å². The van der Waals surface area contributed by atoms with Gasteiger partial charge in [-0.25, -0.2) is 29.2 Å². The fraction of sp³-hybridized carbons (Fsp3) is 0.300. The second-order valence-electron chi connectivity index (χ2n) is 4.04. The average Bonchev–Trinajstić information content (AvgIpc) is 2.85. The Hall–Kier alpha value is -2.04. The highest BCUT2D eigenvalue weighted by molar-refractivity contribution is 7.89. The van der Waals surface area contributed by atoms with E-state index in [2.05, 4.69) is 25.1 Å². The number of anilines is 1. The normalized spacial score (nSPS) is 13.2. The fourth-order valence-electron chi connectivity index (χ4n) is 1.45. The van der Waals surface area contributed by atoms with Gasteiger partial charge in [0.15, 0.2) is 0 Å². The molecule has 9 nitrogen and oxygen atoms in total. The van der Waals surface area contributed by atoms with Crippen molar-refractivity contribution in [2.75, 3.05) is 5.43 Å². The summed E-state index contributed by atoms with van der Waals surface area (Å²) in [5, 5.41) is 0. The van der Waals surface area contributed by atoms with Crippen LogP contribution in [-0.2, 0) is 10.0 Å². The minimum Gasteiger partial charge on any atom is -0.444 e. The summed E-state index contributed by atoms with van der Waals surface area (Å²) in [6, 6.07) is -0.610. The van der Waals surface area contributed by atoms with Gasteiger partial charge in [0.1, 0.15) is 10.7 Å². The van der Waals surface area contributed by atoms with Crippen molar-refractivity contribution in [3.05, 3.63) is 30.2 Å². The van der Waals surface area contributed by atoms with Crippen LogP contribution in [-0.4, -0.2) is 23.4 Å². The van der Waals surface area contributed by atoms with Crippen LogP contribution in [0, 0.1) is 6.92 Å². The van der Waals surface area contributed by atoms with E-state index in [1.54, 1.807) is 13.8 Å². The summed E-state index contributed by atoms with van der Waals surface area (Å²) in [6.45, 7) is 3.35. The minimum atomic E-state index is -3.77. The molecule has 20 heavy (non-hydrogen) atoms. The van der Waals surface area contributed by atoms with E-state index < -0.39 is 16.1 Å². The van der Waals surface area contributed by atoms with Crippen LogP contribution in [0.1, 0.15) is 24.6 Å². The van der Waals surface area contributed by atoms with Crippen LogP contribution < -0.4 is 16.0 Å². The summed E-state index contributed by atoms with van der Waals surface area (Å²) in [6.07, 6.45) is 3.82. The second-order valence-corrected chi connectivity index (χ2v) is 5.75. The van der Waals surface area contributed by atoms with Gasteiger partial charge < -0.3 is 4.42 Å². The van der Waals surface area contributed by atoms with Crippen LogP contribution >= 0.6 is 0 Å². The molecule has 2 aromatic rings. The van der Waals surface area contributed by atoms with Crippen LogP contribution in [0.3, 0.4) is 0 Å². The van der Waals surface area contributed by atoms with Crippen LogP contribution in [0.2, 0.25) is 0 Å². The first-order valence-corrected chi connectivity index (χ1v) is 7.14. The number of nitrogens with zero attached hydrogens (tertiary/aromatic N) is 3. The zero-order chi connectivity index (χ0) is 14.8. The average molecular weight is 298 g/mol. The molecule has 0 aliphatic carbocycles. The Morgan fingerprint density at radius 3 is 2.40 bits per heavy atom. The van der Waals surface area contributed by atoms with Crippen molar-refractivity contribution < 1.29 is 12.8 Å². The molecule has 0 bridgehead atoms. The molecule has 0 saturated heterocycles.